The van der Waals surface area contributed by atoms with Crippen molar-refractivity contribution >= 4 is 40.0 Å². The molecule has 5 rings (SSSR count). The second-order valence-electron chi connectivity index (χ2n) is 8.09. The zero-order chi connectivity index (χ0) is 24.4. The van der Waals surface area contributed by atoms with Gasteiger partial charge in [-0.05, 0) is 47.9 Å². The average Bonchev–Trinajstić information content (AvgIpc) is 2.90. The van der Waals surface area contributed by atoms with Crippen molar-refractivity contribution in [1.29, 1.82) is 0 Å². The van der Waals surface area contributed by atoms with E-state index in [0.29, 0.717) is 32.3 Å². The van der Waals surface area contributed by atoms with Gasteiger partial charge in [-0.15, -0.1) is 0 Å². The molecule has 0 spiro atoms. The molecule has 4 aromatic carbocycles. The van der Waals surface area contributed by atoms with Gasteiger partial charge >= 0.3 is 0 Å². The smallest absolute Gasteiger partial charge is 0.266 e. The molecule has 0 atom stereocenters. The Hall–Kier alpha value is -3.67. The maximum atomic E-state index is 13.5. The van der Waals surface area contributed by atoms with Crippen molar-refractivity contribution in [1.82, 2.24) is 9.55 Å². The number of carbonyl (C=O) groups excluding carboxylic acids is 1. The lowest BCUT2D eigenvalue weighted by Crippen LogP contribution is -2.23. The number of benzene rings is 4. The second-order valence-corrected chi connectivity index (χ2v) is 9.44. The number of Topliss-reactive ketones (excluding diaryl/α,β-unsaturated/α-hetero) is 1. The lowest BCUT2D eigenvalue weighted by Gasteiger charge is -2.15. The van der Waals surface area contributed by atoms with Gasteiger partial charge < -0.3 is 0 Å². The van der Waals surface area contributed by atoms with Crippen LogP contribution >= 0.6 is 23.4 Å². The number of ketones is 1. The molecule has 6 heteroatoms. The molecule has 1 aromatic heterocycles. The Balaban J connectivity index is 1.48. The third-order valence-corrected chi connectivity index (χ3v) is 7.22. The van der Waals surface area contributed by atoms with Crippen molar-refractivity contribution in [2.24, 2.45) is 0 Å². The lowest BCUT2D eigenvalue weighted by atomic mass is 10.0. The molecule has 0 aliphatic rings. The Kier molecular flexibility index (Phi) is 6.53. The molecule has 0 fully saturated rings. The number of para-hydroxylation sites is 1. The number of fused-ring (bicyclic) bond motifs is 1. The fourth-order valence-corrected chi connectivity index (χ4v) is 5.02. The van der Waals surface area contributed by atoms with Gasteiger partial charge in [-0.25, -0.2) is 4.98 Å². The topological polar surface area (TPSA) is 52.0 Å². The Morgan fingerprint density at radius 2 is 1.54 bits per heavy atom. The van der Waals surface area contributed by atoms with Gasteiger partial charge in [0.1, 0.15) is 0 Å². The summed E-state index contributed by atoms with van der Waals surface area (Å²) in [4.78, 5) is 31.2. The highest BCUT2D eigenvalue weighted by molar-refractivity contribution is 7.99. The molecule has 0 unspecified atom stereocenters. The van der Waals surface area contributed by atoms with E-state index in [4.69, 9.17) is 16.6 Å². The van der Waals surface area contributed by atoms with Crippen LogP contribution < -0.4 is 5.56 Å². The molecular formula is C29H21ClN2O2S. The van der Waals surface area contributed by atoms with E-state index < -0.39 is 0 Å². The van der Waals surface area contributed by atoms with Crippen molar-refractivity contribution in [3.8, 4) is 16.8 Å². The number of nitrogens with zero attached hydrogens (tertiary/aromatic N) is 2. The number of thioether (sulfide) groups is 1. The quantitative estimate of drug-likeness (QED) is 0.144. The van der Waals surface area contributed by atoms with E-state index in [-0.39, 0.29) is 17.1 Å². The molecule has 1 heterocycles. The van der Waals surface area contributed by atoms with Crippen molar-refractivity contribution < 1.29 is 4.79 Å². The average molecular weight is 497 g/mol. The number of carbonyl (C=O) groups is 1. The molecule has 172 valence electrons. The molecule has 0 N–H and O–H groups in total. The SMILES string of the molecule is Cc1c(Cl)cccc1-n1c(SCC(=O)c2ccc(-c3ccccc3)cc2)nc2ccccc2c1=O. The highest BCUT2D eigenvalue weighted by atomic mass is 35.5. The Labute approximate surface area is 212 Å². The van der Waals surface area contributed by atoms with Gasteiger partial charge in [0.15, 0.2) is 10.9 Å². The molecular weight excluding hydrogens is 476 g/mol. The summed E-state index contributed by atoms with van der Waals surface area (Å²) in [6.07, 6.45) is 0. The van der Waals surface area contributed by atoms with Crippen LogP contribution in [-0.4, -0.2) is 21.1 Å². The third-order valence-electron chi connectivity index (χ3n) is 5.87. The lowest BCUT2D eigenvalue weighted by molar-refractivity contribution is 0.102. The van der Waals surface area contributed by atoms with E-state index in [1.807, 2.05) is 79.7 Å². The molecule has 0 aliphatic heterocycles. The Bertz CT molecular complexity index is 1600. The van der Waals surface area contributed by atoms with Gasteiger partial charge in [0.2, 0.25) is 0 Å². The van der Waals surface area contributed by atoms with Gasteiger partial charge in [-0.2, -0.15) is 0 Å². The first-order valence-corrected chi connectivity index (χ1v) is 12.5. The van der Waals surface area contributed by atoms with Crippen molar-refractivity contribution in [3.05, 3.63) is 124 Å². The second kappa shape index (κ2) is 9.90. The molecule has 0 bridgehead atoms. The molecule has 0 saturated carbocycles. The van der Waals surface area contributed by atoms with Crippen molar-refractivity contribution in [2.45, 2.75) is 12.1 Å². The van der Waals surface area contributed by atoms with Crippen LogP contribution in [0.25, 0.3) is 27.7 Å². The maximum absolute atomic E-state index is 13.5. The summed E-state index contributed by atoms with van der Waals surface area (Å²) in [5, 5.41) is 1.53. The van der Waals surface area contributed by atoms with Crippen molar-refractivity contribution in [3.63, 3.8) is 0 Å². The molecule has 0 amide bonds. The summed E-state index contributed by atoms with van der Waals surface area (Å²) in [5.41, 5.74) is 4.60. The summed E-state index contributed by atoms with van der Waals surface area (Å²) in [5.74, 6) is 0.112. The molecule has 0 radical (unpaired) electrons. The van der Waals surface area contributed by atoms with Gasteiger partial charge in [0.25, 0.3) is 5.56 Å². The Morgan fingerprint density at radius 3 is 2.31 bits per heavy atom. The summed E-state index contributed by atoms with van der Waals surface area (Å²) in [7, 11) is 0. The van der Waals surface area contributed by atoms with Crippen LogP contribution in [0.15, 0.2) is 107 Å². The minimum atomic E-state index is -0.192. The van der Waals surface area contributed by atoms with Crippen LogP contribution in [-0.2, 0) is 0 Å². The zero-order valence-electron chi connectivity index (χ0n) is 18.9. The summed E-state index contributed by atoms with van der Waals surface area (Å²) >= 11 is 7.60. The van der Waals surface area contributed by atoms with Gasteiger partial charge in [-0.3, -0.25) is 14.2 Å². The normalized spacial score (nSPS) is 11.0. The summed E-state index contributed by atoms with van der Waals surface area (Å²) < 4.78 is 1.56. The van der Waals surface area contributed by atoms with E-state index in [1.54, 1.807) is 28.8 Å². The first-order valence-electron chi connectivity index (χ1n) is 11.1. The Morgan fingerprint density at radius 1 is 0.857 bits per heavy atom. The minimum Gasteiger partial charge on any atom is -0.293 e. The van der Waals surface area contributed by atoms with E-state index in [1.165, 1.54) is 11.8 Å². The summed E-state index contributed by atoms with van der Waals surface area (Å²) in [6.45, 7) is 1.87. The molecule has 0 saturated heterocycles. The fourth-order valence-electron chi connectivity index (χ4n) is 3.95. The zero-order valence-corrected chi connectivity index (χ0v) is 20.5. The summed E-state index contributed by atoms with van der Waals surface area (Å²) in [6, 6.07) is 30.3. The van der Waals surface area contributed by atoms with Crippen molar-refractivity contribution in [2.75, 3.05) is 5.75 Å². The predicted octanol–water partition coefficient (Wildman–Crippen LogP) is 6.99. The van der Waals surface area contributed by atoms with Gasteiger partial charge in [0, 0.05) is 10.6 Å². The minimum absolute atomic E-state index is 0.0358. The highest BCUT2D eigenvalue weighted by Gasteiger charge is 2.17. The third kappa shape index (κ3) is 4.65. The van der Waals surface area contributed by atoms with Crippen LogP contribution in [0.4, 0.5) is 0 Å². The predicted molar refractivity (Wildman–Crippen MR) is 144 cm³/mol. The fraction of sp³-hybridized carbons (Fsp3) is 0.0690. The van der Waals surface area contributed by atoms with Crippen LogP contribution in [0, 0.1) is 6.92 Å². The van der Waals surface area contributed by atoms with Crippen LogP contribution in [0.1, 0.15) is 15.9 Å². The maximum Gasteiger partial charge on any atom is 0.266 e. The monoisotopic (exact) mass is 496 g/mol. The number of rotatable bonds is 6. The number of hydrogen-bond donors (Lipinski definition) is 0. The standard InChI is InChI=1S/C29H21ClN2O2S/c1-19-24(30)11-7-13-26(19)32-28(34)23-10-5-6-12-25(23)31-29(32)35-18-27(33)22-16-14-21(15-17-22)20-8-3-2-4-9-20/h2-17H,18H2,1H3. The van der Waals surface area contributed by atoms with Crippen LogP contribution in [0.3, 0.4) is 0 Å². The van der Waals surface area contributed by atoms with Gasteiger partial charge in [-0.1, -0.05) is 96.2 Å². The molecule has 4 nitrogen and oxygen atoms in total. The van der Waals surface area contributed by atoms with E-state index in [2.05, 4.69) is 0 Å². The van der Waals surface area contributed by atoms with Crippen LogP contribution in [0.5, 0.6) is 0 Å². The molecule has 0 aliphatic carbocycles. The first kappa shape index (κ1) is 23.1. The number of halogens is 1. The van der Waals surface area contributed by atoms with E-state index in [0.717, 1.165) is 16.7 Å². The molecule has 5 aromatic rings. The molecule has 35 heavy (non-hydrogen) atoms. The van der Waals surface area contributed by atoms with E-state index >= 15 is 0 Å². The number of hydrogen-bond acceptors (Lipinski definition) is 4. The highest BCUT2D eigenvalue weighted by Crippen LogP contribution is 2.27. The number of aromatic nitrogens is 2. The van der Waals surface area contributed by atoms with E-state index in [9.17, 15) is 9.59 Å². The first-order chi connectivity index (χ1) is 17.0. The largest absolute Gasteiger partial charge is 0.293 e. The van der Waals surface area contributed by atoms with Gasteiger partial charge in [0.05, 0.1) is 22.3 Å². The van der Waals surface area contributed by atoms with Crippen LogP contribution in [0.2, 0.25) is 5.02 Å².